The van der Waals surface area contributed by atoms with Gasteiger partial charge in [0.15, 0.2) is 0 Å². The van der Waals surface area contributed by atoms with Gasteiger partial charge >= 0.3 is 0 Å². The second kappa shape index (κ2) is 4.01. The number of rotatable bonds is 3. The van der Waals surface area contributed by atoms with E-state index >= 15 is 0 Å². The largest absolute Gasteiger partial charge is 0.497 e. The predicted molar refractivity (Wildman–Crippen MR) is 57.8 cm³/mol. The number of methoxy groups -OCH3 is 1. The van der Waals surface area contributed by atoms with E-state index in [1.54, 1.807) is 7.11 Å². The third-order valence-corrected chi connectivity index (χ3v) is 3.17. The summed E-state index contributed by atoms with van der Waals surface area (Å²) in [6, 6.07) is 9.06. The van der Waals surface area contributed by atoms with Gasteiger partial charge in [0.2, 0.25) is 0 Å². The lowest BCUT2D eigenvalue weighted by atomic mass is 9.75. The third-order valence-electron chi connectivity index (χ3n) is 3.17. The van der Waals surface area contributed by atoms with E-state index in [9.17, 15) is 0 Å². The SMILES string of the molecule is CNC1CCC1c1cccc(OC)c1. The molecule has 0 aliphatic heterocycles. The molecule has 0 radical (unpaired) electrons. The monoisotopic (exact) mass is 191 g/mol. The highest BCUT2D eigenvalue weighted by Gasteiger charge is 2.30. The van der Waals surface area contributed by atoms with Gasteiger partial charge in [0, 0.05) is 6.04 Å². The molecule has 1 aromatic carbocycles. The summed E-state index contributed by atoms with van der Waals surface area (Å²) >= 11 is 0. The van der Waals surface area contributed by atoms with E-state index in [0.29, 0.717) is 12.0 Å². The van der Waals surface area contributed by atoms with Crippen LogP contribution in [-0.2, 0) is 0 Å². The van der Waals surface area contributed by atoms with Gasteiger partial charge in [0.1, 0.15) is 5.75 Å². The Bertz CT molecular complexity index is 309. The van der Waals surface area contributed by atoms with Gasteiger partial charge < -0.3 is 10.1 Å². The van der Waals surface area contributed by atoms with Crippen molar-refractivity contribution < 1.29 is 4.74 Å². The molecule has 1 aliphatic rings. The quantitative estimate of drug-likeness (QED) is 0.790. The van der Waals surface area contributed by atoms with Crippen molar-refractivity contribution in [3.05, 3.63) is 29.8 Å². The van der Waals surface area contributed by atoms with E-state index in [1.807, 2.05) is 13.1 Å². The molecule has 2 atom stereocenters. The second-order valence-corrected chi connectivity index (χ2v) is 3.86. The fraction of sp³-hybridized carbons (Fsp3) is 0.500. The number of likely N-dealkylation sites (N-methyl/N-ethyl adjacent to an activating group) is 1. The highest BCUT2D eigenvalue weighted by atomic mass is 16.5. The molecule has 76 valence electrons. The molecule has 2 heteroatoms. The van der Waals surface area contributed by atoms with E-state index in [0.717, 1.165) is 5.75 Å². The maximum Gasteiger partial charge on any atom is 0.119 e. The smallest absolute Gasteiger partial charge is 0.119 e. The molecule has 0 bridgehead atoms. The normalized spacial score (nSPS) is 25.6. The molecule has 0 heterocycles. The van der Waals surface area contributed by atoms with Crippen LogP contribution in [0.4, 0.5) is 0 Å². The van der Waals surface area contributed by atoms with Gasteiger partial charge in [0.05, 0.1) is 7.11 Å². The molecule has 2 rings (SSSR count). The summed E-state index contributed by atoms with van der Waals surface area (Å²) < 4.78 is 5.22. The van der Waals surface area contributed by atoms with Gasteiger partial charge in [-0.05, 0) is 43.5 Å². The van der Waals surface area contributed by atoms with Crippen LogP contribution in [0, 0.1) is 0 Å². The highest BCUT2D eigenvalue weighted by Crippen LogP contribution is 2.37. The highest BCUT2D eigenvalue weighted by molar-refractivity contribution is 5.33. The van der Waals surface area contributed by atoms with Gasteiger partial charge in [-0.15, -0.1) is 0 Å². The Morgan fingerprint density at radius 1 is 1.36 bits per heavy atom. The molecule has 1 fully saturated rings. The summed E-state index contributed by atoms with van der Waals surface area (Å²) in [5, 5.41) is 3.35. The molecule has 14 heavy (non-hydrogen) atoms. The third kappa shape index (κ3) is 1.62. The second-order valence-electron chi connectivity index (χ2n) is 3.86. The molecule has 2 nitrogen and oxygen atoms in total. The Balaban J connectivity index is 2.15. The summed E-state index contributed by atoms with van der Waals surface area (Å²) in [6.07, 6.45) is 2.58. The first-order valence-electron chi connectivity index (χ1n) is 5.16. The van der Waals surface area contributed by atoms with Crippen LogP contribution in [0.5, 0.6) is 5.75 Å². The average molecular weight is 191 g/mol. The predicted octanol–water partition coefficient (Wildman–Crippen LogP) is 2.16. The summed E-state index contributed by atoms with van der Waals surface area (Å²) in [5.41, 5.74) is 1.40. The minimum atomic E-state index is 0.655. The van der Waals surface area contributed by atoms with Gasteiger partial charge in [0.25, 0.3) is 0 Å². The van der Waals surface area contributed by atoms with Gasteiger partial charge in [-0.2, -0.15) is 0 Å². The van der Waals surface area contributed by atoms with Crippen LogP contribution in [0.2, 0.25) is 0 Å². The summed E-state index contributed by atoms with van der Waals surface area (Å²) in [4.78, 5) is 0. The van der Waals surface area contributed by atoms with Crippen LogP contribution in [0.1, 0.15) is 24.3 Å². The average Bonchev–Trinajstić information content (AvgIpc) is 2.17. The Hall–Kier alpha value is -1.02. The van der Waals surface area contributed by atoms with E-state index in [4.69, 9.17) is 4.74 Å². The van der Waals surface area contributed by atoms with Crippen LogP contribution in [0.15, 0.2) is 24.3 Å². The molecule has 2 unspecified atom stereocenters. The molecular formula is C12H17NO. The molecule has 0 amide bonds. The topological polar surface area (TPSA) is 21.3 Å². The molecular weight excluding hydrogens is 174 g/mol. The van der Waals surface area contributed by atoms with Crippen LogP contribution in [0.3, 0.4) is 0 Å². The maximum atomic E-state index is 5.22. The fourth-order valence-corrected chi connectivity index (χ4v) is 2.12. The zero-order valence-corrected chi connectivity index (χ0v) is 8.79. The number of benzene rings is 1. The maximum absolute atomic E-state index is 5.22. The molecule has 1 aromatic rings. The first kappa shape index (κ1) is 9.53. The van der Waals surface area contributed by atoms with Crippen molar-refractivity contribution >= 4 is 0 Å². The Kier molecular flexibility index (Phi) is 2.73. The van der Waals surface area contributed by atoms with Crippen LogP contribution >= 0.6 is 0 Å². The van der Waals surface area contributed by atoms with Gasteiger partial charge in [-0.3, -0.25) is 0 Å². The van der Waals surface area contributed by atoms with Crippen LogP contribution < -0.4 is 10.1 Å². The molecule has 1 N–H and O–H groups in total. The van der Waals surface area contributed by atoms with Crippen molar-refractivity contribution in [2.75, 3.05) is 14.2 Å². The molecule has 1 aliphatic carbocycles. The van der Waals surface area contributed by atoms with E-state index < -0.39 is 0 Å². The van der Waals surface area contributed by atoms with E-state index in [1.165, 1.54) is 18.4 Å². The summed E-state index contributed by atoms with van der Waals surface area (Å²) in [6.45, 7) is 0. The number of hydrogen-bond acceptors (Lipinski definition) is 2. The van der Waals surface area contributed by atoms with Crippen molar-refractivity contribution in [3.8, 4) is 5.75 Å². The van der Waals surface area contributed by atoms with Gasteiger partial charge in [-0.1, -0.05) is 12.1 Å². The standard InChI is InChI=1S/C12H17NO/c1-13-12-7-6-11(12)9-4-3-5-10(8-9)14-2/h3-5,8,11-13H,6-7H2,1-2H3. The molecule has 0 aromatic heterocycles. The van der Waals surface area contributed by atoms with Crippen LogP contribution in [-0.4, -0.2) is 20.2 Å². The van der Waals surface area contributed by atoms with E-state index in [-0.39, 0.29) is 0 Å². The minimum Gasteiger partial charge on any atom is -0.497 e. The fourth-order valence-electron chi connectivity index (χ4n) is 2.12. The molecule has 0 saturated heterocycles. The summed E-state index contributed by atoms with van der Waals surface area (Å²) in [5.74, 6) is 1.64. The lowest BCUT2D eigenvalue weighted by molar-refractivity contribution is 0.299. The van der Waals surface area contributed by atoms with Crippen molar-refractivity contribution in [1.29, 1.82) is 0 Å². The van der Waals surface area contributed by atoms with Crippen molar-refractivity contribution in [3.63, 3.8) is 0 Å². The molecule has 1 saturated carbocycles. The lowest BCUT2D eigenvalue weighted by Crippen LogP contribution is -2.40. The zero-order chi connectivity index (χ0) is 9.97. The number of ether oxygens (including phenoxy) is 1. The molecule has 0 spiro atoms. The summed E-state index contributed by atoms with van der Waals surface area (Å²) in [7, 11) is 3.76. The van der Waals surface area contributed by atoms with Gasteiger partial charge in [-0.25, -0.2) is 0 Å². The Morgan fingerprint density at radius 3 is 2.79 bits per heavy atom. The number of nitrogens with one attached hydrogen (secondary N) is 1. The Labute approximate surface area is 85.3 Å². The zero-order valence-electron chi connectivity index (χ0n) is 8.79. The van der Waals surface area contributed by atoms with Crippen LogP contribution in [0.25, 0.3) is 0 Å². The number of hydrogen-bond donors (Lipinski definition) is 1. The first-order chi connectivity index (χ1) is 6.85. The Morgan fingerprint density at radius 2 is 2.21 bits per heavy atom. The van der Waals surface area contributed by atoms with Crippen molar-refractivity contribution in [2.24, 2.45) is 0 Å². The first-order valence-corrected chi connectivity index (χ1v) is 5.16. The van der Waals surface area contributed by atoms with Crippen molar-refractivity contribution in [1.82, 2.24) is 5.32 Å². The minimum absolute atomic E-state index is 0.655. The van der Waals surface area contributed by atoms with Crippen molar-refractivity contribution in [2.45, 2.75) is 24.8 Å². The lowest BCUT2D eigenvalue weighted by Gasteiger charge is -2.36. The van der Waals surface area contributed by atoms with E-state index in [2.05, 4.69) is 23.5 Å².